The molecular weight excluding hydrogens is 336 g/mol. The fourth-order valence-electron chi connectivity index (χ4n) is 3.44. The summed E-state index contributed by atoms with van der Waals surface area (Å²) in [4.78, 5) is 15.3. The molecule has 0 bridgehead atoms. The SMILES string of the molecule is C[NH+]1CC[NH+]([C@H](CNC(=O)c2ccc(F)cc2)c2ccc(F)cc2)CC1. The molecule has 0 aliphatic carbocycles. The Labute approximate surface area is 152 Å². The number of hydrogen-bond acceptors (Lipinski definition) is 1. The number of quaternary nitrogens is 2. The Morgan fingerprint density at radius 2 is 1.50 bits per heavy atom. The molecule has 0 spiro atoms. The zero-order chi connectivity index (χ0) is 18.5. The van der Waals surface area contributed by atoms with Crippen LogP contribution in [0.1, 0.15) is 22.0 Å². The summed E-state index contributed by atoms with van der Waals surface area (Å²) in [7, 11) is 2.18. The third-order valence-corrected chi connectivity index (χ3v) is 5.08. The highest BCUT2D eigenvalue weighted by Crippen LogP contribution is 2.11. The molecule has 1 fully saturated rings. The van der Waals surface area contributed by atoms with E-state index in [4.69, 9.17) is 0 Å². The van der Waals surface area contributed by atoms with E-state index in [9.17, 15) is 13.6 Å². The first-order valence-electron chi connectivity index (χ1n) is 8.98. The van der Waals surface area contributed by atoms with E-state index in [1.54, 1.807) is 12.1 Å². The van der Waals surface area contributed by atoms with Crippen molar-refractivity contribution in [1.29, 1.82) is 0 Å². The van der Waals surface area contributed by atoms with Crippen molar-refractivity contribution in [3.8, 4) is 0 Å². The van der Waals surface area contributed by atoms with Crippen LogP contribution in [-0.2, 0) is 0 Å². The molecule has 2 aromatic carbocycles. The number of carbonyl (C=O) groups excluding carboxylic acids is 1. The number of halogens is 2. The number of rotatable bonds is 5. The molecule has 0 unspecified atom stereocenters. The minimum Gasteiger partial charge on any atom is -0.346 e. The van der Waals surface area contributed by atoms with Gasteiger partial charge < -0.3 is 15.1 Å². The molecule has 1 aliphatic rings. The van der Waals surface area contributed by atoms with Crippen LogP contribution in [0.4, 0.5) is 8.78 Å². The molecule has 1 heterocycles. The van der Waals surface area contributed by atoms with Gasteiger partial charge in [-0.15, -0.1) is 0 Å². The van der Waals surface area contributed by atoms with E-state index in [1.165, 1.54) is 46.2 Å². The standard InChI is InChI=1S/C20H23F2N3O/c1-24-10-12-25(13-11-24)19(15-2-6-17(21)7-3-15)14-23-20(26)16-4-8-18(22)9-5-16/h2-9,19H,10-14H2,1H3,(H,23,26)/p+2/t19-/m1/s1. The number of nitrogens with one attached hydrogen (secondary N) is 3. The highest BCUT2D eigenvalue weighted by atomic mass is 19.1. The molecule has 3 N–H and O–H groups in total. The van der Waals surface area contributed by atoms with Crippen molar-refractivity contribution in [1.82, 2.24) is 5.32 Å². The molecule has 26 heavy (non-hydrogen) atoms. The number of hydrogen-bond donors (Lipinski definition) is 3. The third kappa shape index (κ3) is 4.65. The van der Waals surface area contributed by atoms with Crippen LogP contribution in [0.5, 0.6) is 0 Å². The number of likely N-dealkylation sites (N-methyl/N-ethyl adjacent to an activating group) is 1. The second kappa shape index (κ2) is 8.38. The van der Waals surface area contributed by atoms with E-state index >= 15 is 0 Å². The first-order valence-corrected chi connectivity index (χ1v) is 8.98. The third-order valence-electron chi connectivity index (χ3n) is 5.08. The minimum absolute atomic E-state index is 0.0631. The maximum Gasteiger partial charge on any atom is 0.251 e. The van der Waals surface area contributed by atoms with Crippen molar-refractivity contribution in [3.05, 3.63) is 71.3 Å². The number of benzene rings is 2. The Kier molecular flexibility index (Phi) is 5.96. The van der Waals surface area contributed by atoms with Gasteiger partial charge in [-0.2, -0.15) is 0 Å². The van der Waals surface area contributed by atoms with Gasteiger partial charge in [0.15, 0.2) is 0 Å². The van der Waals surface area contributed by atoms with E-state index in [1.807, 2.05) is 0 Å². The van der Waals surface area contributed by atoms with Gasteiger partial charge in [0.05, 0.1) is 13.6 Å². The van der Waals surface area contributed by atoms with Crippen LogP contribution in [0.3, 0.4) is 0 Å². The van der Waals surface area contributed by atoms with Gasteiger partial charge in [-0.3, -0.25) is 4.79 Å². The van der Waals surface area contributed by atoms with Crippen LogP contribution < -0.4 is 15.1 Å². The highest BCUT2D eigenvalue weighted by Gasteiger charge is 2.29. The van der Waals surface area contributed by atoms with Crippen LogP contribution in [0, 0.1) is 11.6 Å². The van der Waals surface area contributed by atoms with E-state index in [0.717, 1.165) is 31.7 Å². The molecule has 1 saturated heterocycles. The second-order valence-electron chi connectivity index (χ2n) is 6.94. The molecule has 1 atom stereocenters. The fourth-order valence-corrected chi connectivity index (χ4v) is 3.44. The van der Waals surface area contributed by atoms with E-state index < -0.39 is 0 Å². The van der Waals surface area contributed by atoms with Gasteiger partial charge in [-0.1, -0.05) is 12.1 Å². The first-order chi connectivity index (χ1) is 12.5. The van der Waals surface area contributed by atoms with Gasteiger partial charge in [-0.05, 0) is 36.4 Å². The normalized spacial score (nSPS) is 21.2. The van der Waals surface area contributed by atoms with Gasteiger partial charge >= 0.3 is 0 Å². The Hall–Kier alpha value is -2.31. The molecule has 0 aromatic heterocycles. The molecule has 2 aromatic rings. The number of piperazine rings is 1. The summed E-state index contributed by atoms with van der Waals surface area (Å²) < 4.78 is 26.3. The van der Waals surface area contributed by atoms with Crippen LogP contribution in [0.25, 0.3) is 0 Å². The average molecular weight is 361 g/mol. The molecule has 0 saturated carbocycles. The van der Waals surface area contributed by atoms with Gasteiger partial charge in [-0.25, -0.2) is 8.78 Å². The van der Waals surface area contributed by atoms with Crippen molar-refractivity contribution in [2.75, 3.05) is 39.8 Å². The molecule has 0 radical (unpaired) electrons. The summed E-state index contributed by atoms with van der Waals surface area (Å²) in [5.74, 6) is -0.855. The predicted molar refractivity (Wildman–Crippen MR) is 95.2 cm³/mol. The molecular formula is C20H25F2N3O+2. The van der Waals surface area contributed by atoms with Crippen LogP contribution in [-0.4, -0.2) is 45.7 Å². The van der Waals surface area contributed by atoms with Crippen molar-refractivity contribution < 1.29 is 23.4 Å². The molecule has 3 rings (SSSR count). The van der Waals surface area contributed by atoms with Gasteiger partial charge in [0, 0.05) is 11.1 Å². The molecule has 138 valence electrons. The van der Waals surface area contributed by atoms with Crippen molar-refractivity contribution in [3.63, 3.8) is 0 Å². The van der Waals surface area contributed by atoms with Crippen molar-refractivity contribution in [2.45, 2.75) is 6.04 Å². The summed E-state index contributed by atoms with van der Waals surface area (Å²) >= 11 is 0. The Morgan fingerprint density at radius 3 is 2.08 bits per heavy atom. The molecule has 6 heteroatoms. The fraction of sp³-hybridized carbons (Fsp3) is 0.350. The lowest BCUT2D eigenvalue weighted by molar-refractivity contribution is -1.02. The second-order valence-corrected chi connectivity index (χ2v) is 6.94. The van der Waals surface area contributed by atoms with Crippen LogP contribution in [0.2, 0.25) is 0 Å². The average Bonchev–Trinajstić information content (AvgIpc) is 2.65. The Bertz CT molecular complexity index is 726. The van der Waals surface area contributed by atoms with Crippen LogP contribution >= 0.6 is 0 Å². The highest BCUT2D eigenvalue weighted by molar-refractivity contribution is 5.94. The molecule has 1 amide bonds. The summed E-state index contributed by atoms with van der Waals surface area (Å²) in [5, 5.41) is 2.96. The summed E-state index contributed by atoms with van der Waals surface area (Å²) in [6.07, 6.45) is 0. The first kappa shape index (κ1) is 18.5. The zero-order valence-electron chi connectivity index (χ0n) is 14.9. The zero-order valence-corrected chi connectivity index (χ0v) is 14.9. The smallest absolute Gasteiger partial charge is 0.251 e. The number of carbonyl (C=O) groups is 1. The molecule has 1 aliphatic heterocycles. The lowest BCUT2D eigenvalue weighted by atomic mass is 10.0. The van der Waals surface area contributed by atoms with E-state index in [0.29, 0.717) is 12.1 Å². The van der Waals surface area contributed by atoms with Crippen molar-refractivity contribution >= 4 is 5.91 Å². The number of amides is 1. The molecule has 4 nitrogen and oxygen atoms in total. The summed E-state index contributed by atoms with van der Waals surface area (Å²) in [6, 6.07) is 12.1. The lowest BCUT2D eigenvalue weighted by Crippen LogP contribution is -3.27. The minimum atomic E-state index is -0.366. The van der Waals surface area contributed by atoms with E-state index in [-0.39, 0.29) is 23.6 Å². The maximum absolute atomic E-state index is 13.3. The largest absolute Gasteiger partial charge is 0.346 e. The van der Waals surface area contributed by atoms with Crippen LogP contribution in [0.15, 0.2) is 48.5 Å². The maximum atomic E-state index is 13.3. The van der Waals surface area contributed by atoms with Gasteiger partial charge in [0.2, 0.25) is 0 Å². The van der Waals surface area contributed by atoms with Gasteiger partial charge in [0.25, 0.3) is 5.91 Å². The lowest BCUT2D eigenvalue weighted by Gasteiger charge is -2.33. The predicted octanol–water partition coefficient (Wildman–Crippen LogP) is -0.151. The van der Waals surface area contributed by atoms with E-state index in [2.05, 4.69) is 12.4 Å². The summed E-state index contributed by atoms with van der Waals surface area (Å²) in [6.45, 7) is 4.59. The van der Waals surface area contributed by atoms with Gasteiger partial charge in [0.1, 0.15) is 43.9 Å². The monoisotopic (exact) mass is 361 g/mol. The Morgan fingerprint density at radius 1 is 0.962 bits per heavy atom. The van der Waals surface area contributed by atoms with Crippen molar-refractivity contribution in [2.24, 2.45) is 0 Å². The quantitative estimate of drug-likeness (QED) is 0.681. The summed E-state index contributed by atoms with van der Waals surface area (Å²) in [5.41, 5.74) is 1.45. The topological polar surface area (TPSA) is 38.0 Å². The Balaban J connectivity index is 1.71.